The first-order valence-corrected chi connectivity index (χ1v) is 7.20. The Bertz CT molecular complexity index is 773. The van der Waals surface area contributed by atoms with E-state index in [-0.39, 0.29) is 9.80 Å². The fourth-order valence-electron chi connectivity index (χ4n) is 1.61. The van der Waals surface area contributed by atoms with Crippen molar-refractivity contribution in [2.75, 3.05) is 0 Å². The van der Waals surface area contributed by atoms with Crippen molar-refractivity contribution in [3.63, 3.8) is 0 Å². The monoisotopic (exact) mass is 287 g/mol. The normalized spacial score (nSPS) is 11.9. The highest BCUT2D eigenvalue weighted by Gasteiger charge is 2.20. The predicted octanol–water partition coefficient (Wildman–Crippen LogP) is 3.16. The summed E-state index contributed by atoms with van der Waals surface area (Å²) in [6.07, 6.45) is 1.29. The van der Waals surface area contributed by atoms with Gasteiger partial charge < -0.3 is 0 Å². The molecule has 0 aliphatic carbocycles. The van der Waals surface area contributed by atoms with Crippen LogP contribution in [-0.2, 0) is 9.84 Å². The lowest BCUT2D eigenvalue weighted by Crippen LogP contribution is -2.03. The highest BCUT2D eigenvalue weighted by molar-refractivity contribution is 7.95. The standard InChI is InChI=1S/C15H10FNO2S/c16-13-6-8-14(9-7-13)20(18,19)15(11-17)10-12-4-2-1-3-5-12/h1-10H. The topological polar surface area (TPSA) is 57.9 Å². The molecule has 0 spiro atoms. The van der Waals surface area contributed by atoms with Crippen LogP contribution < -0.4 is 0 Å². The van der Waals surface area contributed by atoms with E-state index in [1.807, 2.05) is 0 Å². The van der Waals surface area contributed by atoms with Crippen LogP contribution in [0.15, 0.2) is 64.4 Å². The molecule has 0 aliphatic heterocycles. The van der Waals surface area contributed by atoms with Crippen LogP contribution in [0, 0.1) is 17.1 Å². The quantitative estimate of drug-likeness (QED) is 0.643. The minimum atomic E-state index is -3.93. The van der Waals surface area contributed by atoms with E-state index in [0.717, 1.165) is 24.3 Å². The van der Waals surface area contributed by atoms with Gasteiger partial charge in [0.1, 0.15) is 16.8 Å². The third-order valence-corrected chi connectivity index (χ3v) is 4.30. The van der Waals surface area contributed by atoms with Gasteiger partial charge in [-0.2, -0.15) is 5.26 Å². The number of benzene rings is 2. The van der Waals surface area contributed by atoms with Gasteiger partial charge in [0.25, 0.3) is 0 Å². The van der Waals surface area contributed by atoms with Crippen LogP contribution >= 0.6 is 0 Å². The van der Waals surface area contributed by atoms with Gasteiger partial charge in [0.05, 0.1) is 4.90 Å². The molecule has 0 atom stereocenters. The molecule has 20 heavy (non-hydrogen) atoms. The summed E-state index contributed by atoms with van der Waals surface area (Å²) in [5, 5.41) is 9.07. The van der Waals surface area contributed by atoms with Gasteiger partial charge >= 0.3 is 0 Å². The van der Waals surface area contributed by atoms with E-state index in [0.29, 0.717) is 5.56 Å². The first-order valence-electron chi connectivity index (χ1n) is 5.71. The van der Waals surface area contributed by atoms with Crippen LogP contribution in [0.25, 0.3) is 6.08 Å². The molecule has 5 heteroatoms. The van der Waals surface area contributed by atoms with E-state index >= 15 is 0 Å². The molecule has 0 unspecified atom stereocenters. The second kappa shape index (κ2) is 5.68. The SMILES string of the molecule is N#CC(=Cc1ccccc1)S(=O)(=O)c1ccc(F)cc1. The average molecular weight is 287 g/mol. The molecule has 0 saturated heterocycles. The van der Waals surface area contributed by atoms with Crippen molar-refractivity contribution < 1.29 is 12.8 Å². The Kier molecular flexibility index (Phi) is 3.97. The van der Waals surface area contributed by atoms with E-state index in [2.05, 4.69) is 0 Å². The Morgan fingerprint density at radius 3 is 2.20 bits per heavy atom. The Morgan fingerprint density at radius 1 is 1.05 bits per heavy atom. The van der Waals surface area contributed by atoms with Crippen molar-refractivity contribution in [1.29, 1.82) is 5.26 Å². The van der Waals surface area contributed by atoms with Crippen molar-refractivity contribution in [2.45, 2.75) is 4.90 Å². The van der Waals surface area contributed by atoms with E-state index in [9.17, 15) is 12.8 Å². The Labute approximate surface area is 116 Å². The third-order valence-electron chi connectivity index (χ3n) is 2.62. The molecule has 0 heterocycles. The Hall–Kier alpha value is -2.45. The highest BCUT2D eigenvalue weighted by atomic mass is 32.2. The fraction of sp³-hybridized carbons (Fsp3) is 0. The maximum Gasteiger partial charge on any atom is 0.216 e. The van der Waals surface area contributed by atoms with Gasteiger partial charge in [0, 0.05) is 0 Å². The number of halogens is 1. The van der Waals surface area contributed by atoms with E-state index < -0.39 is 15.7 Å². The summed E-state index contributed by atoms with van der Waals surface area (Å²) >= 11 is 0. The minimum absolute atomic E-state index is 0.109. The fourth-order valence-corrected chi connectivity index (χ4v) is 2.77. The summed E-state index contributed by atoms with van der Waals surface area (Å²) in [5.74, 6) is -0.533. The second-order valence-electron chi connectivity index (χ2n) is 3.99. The number of hydrogen-bond acceptors (Lipinski definition) is 3. The Morgan fingerprint density at radius 2 is 1.65 bits per heavy atom. The molecular weight excluding hydrogens is 277 g/mol. The molecule has 0 bridgehead atoms. The van der Waals surface area contributed by atoms with Crippen molar-refractivity contribution in [2.24, 2.45) is 0 Å². The van der Waals surface area contributed by atoms with Gasteiger partial charge in [-0.05, 0) is 35.9 Å². The smallest absolute Gasteiger partial charge is 0.216 e. The zero-order valence-electron chi connectivity index (χ0n) is 10.3. The molecule has 2 rings (SSSR count). The van der Waals surface area contributed by atoms with Gasteiger partial charge in [-0.25, -0.2) is 12.8 Å². The molecule has 0 saturated carbocycles. The number of sulfone groups is 1. The van der Waals surface area contributed by atoms with Gasteiger partial charge in [-0.1, -0.05) is 30.3 Å². The van der Waals surface area contributed by atoms with Gasteiger partial charge in [0.2, 0.25) is 9.84 Å². The van der Waals surface area contributed by atoms with Crippen molar-refractivity contribution in [3.8, 4) is 6.07 Å². The van der Waals surface area contributed by atoms with Crippen LogP contribution in [0.2, 0.25) is 0 Å². The molecule has 3 nitrogen and oxygen atoms in total. The third kappa shape index (κ3) is 2.92. The molecule has 0 aliphatic rings. The highest BCUT2D eigenvalue weighted by Crippen LogP contribution is 2.21. The predicted molar refractivity (Wildman–Crippen MR) is 73.6 cm³/mol. The molecule has 0 radical (unpaired) electrons. The average Bonchev–Trinajstić information content (AvgIpc) is 2.46. The van der Waals surface area contributed by atoms with E-state index in [1.54, 1.807) is 36.4 Å². The summed E-state index contributed by atoms with van der Waals surface area (Å²) in [6.45, 7) is 0. The number of nitrogens with zero attached hydrogens (tertiary/aromatic N) is 1. The van der Waals surface area contributed by atoms with Crippen LogP contribution in [0.5, 0.6) is 0 Å². The first kappa shape index (κ1) is 14.0. The summed E-state index contributed by atoms with van der Waals surface area (Å²) in [6, 6.07) is 14.7. The zero-order chi connectivity index (χ0) is 14.6. The molecular formula is C15H10FNO2S. The number of rotatable bonds is 3. The lowest BCUT2D eigenvalue weighted by molar-refractivity contribution is 0.601. The molecule has 0 N–H and O–H groups in total. The largest absolute Gasteiger partial charge is 0.218 e. The lowest BCUT2D eigenvalue weighted by atomic mass is 10.2. The zero-order valence-corrected chi connectivity index (χ0v) is 11.1. The molecule has 0 fully saturated rings. The summed E-state index contributed by atoms with van der Waals surface area (Å²) in [4.78, 5) is -0.488. The first-order chi connectivity index (χ1) is 9.54. The van der Waals surface area contributed by atoms with E-state index in [4.69, 9.17) is 5.26 Å². The molecule has 0 aromatic heterocycles. The Balaban J connectivity index is 2.49. The van der Waals surface area contributed by atoms with Gasteiger partial charge in [0.15, 0.2) is 0 Å². The van der Waals surface area contributed by atoms with Gasteiger partial charge in [-0.15, -0.1) is 0 Å². The van der Waals surface area contributed by atoms with Gasteiger partial charge in [-0.3, -0.25) is 0 Å². The summed E-state index contributed by atoms with van der Waals surface area (Å²) < 4.78 is 37.4. The van der Waals surface area contributed by atoms with Crippen LogP contribution in [-0.4, -0.2) is 8.42 Å². The number of nitriles is 1. The number of allylic oxidation sites excluding steroid dienone is 1. The maximum absolute atomic E-state index is 12.8. The maximum atomic E-state index is 12.8. The molecule has 0 amide bonds. The second-order valence-corrected chi connectivity index (χ2v) is 5.91. The van der Waals surface area contributed by atoms with Crippen molar-refractivity contribution >= 4 is 15.9 Å². The lowest BCUT2D eigenvalue weighted by Gasteiger charge is -2.03. The minimum Gasteiger partial charge on any atom is -0.218 e. The van der Waals surface area contributed by atoms with Crippen LogP contribution in [0.1, 0.15) is 5.56 Å². The molecule has 2 aromatic rings. The van der Waals surface area contributed by atoms with Crippen molar-refractivity contribution in [1.82, 2.24) is 0 Å². The van der Waals surface area contributed by atoms with Crippen LogP contribution in [0.4, 0.5) is 4.39 Å². The van der Waals surface area contributed by atoms with Crippen molar-refractivity contribution in [3.05, 3.63) is 70.9 Å². The number of hydrogen-bond donors (Lipinski definition) is 0. The molecule has 100 valence electrons. The van der Waals surface area contributed by atoms with E-state index in [1.165, 1.54) is 6.08 Å². The van der Waals surface area contributed by atoms with Crippen LogP contribution in [0.3, 0.4) is 0 Å². The summed E-state index contributed by atoms with van der Waals surface area (Å²) in [7, 11) is -3.93. The summed E-state index contributed by atoms with van der Waals surface area (Å²) in [5.41, 5.74) is 0.606. The molecule has 2 aromatic carbocycles.